The molecule has 1 saturated carbocycles. The van der Waals surface area contributed by atoms with Crippen LogP contribution >= 0.6 is 0 Å². The summed E-state index contributed by atoms with van der Waals surface area (Å²) >= 11 is 0. The summed E-state index contributed by atoms with van der Waals surface area (Å²) in [7, 11) is 0. The number of aliphatic imine (C=N–C) groups is 1. The van der Waals surface area contributed by atoms with Gasteiger partial charge in [0.2, 0.25) is 0 Å². The van der Waals surface area contributed by atoms with Gasteiger partial charge in [0.25, 0.3) is 0 Å². The van der Waals surface area contributed by atoms with Crippen LogP contribution < -0.4 is 5.32 Å². The molecule has 3 rings (SSSR count). The zero-order valence-corrected chi connectivity index (χ0v) is 15.1. The molecule has 1 saturated heterocycles. The molecule has 0 radical (unpaired) electrons. The minimum Gasteiger partial charge on any atom is -0.361 e. The Balaban J connectivity index is 1.44. The molecule has 24 heavy (non-hydrogen) atoms. The highest BCUT2D eigenvalue weighted by Gasteiger charge is 2.21. The highest BCUT2D eigenvalue weighted by Crippen LogP contribution is 2.33. The van der Waals surface area contributed by atoms with Crippen molar-refractivity contribution in [3.05, 3.63) is 17.5 Å². The van der Waals surface area contributed by atoms with Crippen molar-refractivity contribution in [1.29, 1.82) is 0 Å². The molecule has 0 aromatic carbocycles. The Morgan fingerprint density at radius 1 is 1.33 bits per heavy atom. The molecular formula is C18H31N5O. The van der Waals surface area contributed by atoms with Gasteiger partial charge in [-0.1, -0.05) is 18.0 Å². The van der Waals surface area contributed by atoms with E-state index in [2.05, 4.69) is 27.2 Å². The number of hydrogen-bond donors (Lipinski definition) is 1. The Labute approximate surface area is 145 Å². The van der Waals surface area contributed by atoms with E-state index in [9.17, 15) is 0 Å². The van der Waals surface area contributed by atoms with Crippen molar-refractivity contribution in [2.45, 2.75) is 46.1 Å². The monoisotopic (exact) mass is 333 g/mol. The lowest BCUT2D eigenvalue weighted by Gasteiger charge is -2.36. The third kappa shape index (κ3) is 5.23. The first kappa shape index (κ1) is 17.3. The van der Waals surface area contributed by atoms with E-state index in [0.29, 0.717) is 0 Å². The summed E-state index contributed by atoms with van der Waals surface area (Å²) in [6.07, 6.45) is 5.46. The number of rotatable bonds is 7. The summed E-state index contributed by atoms with van der Waals surface area (Å²) in [5.41, 5.74) is 1.03. The Morgan fingerprint density at radius 2 is 2.12 bits per heavy atom. The van der Waals surface area contributed by atoms with Crippen LogP contribution in [0.15, 0.2) is 15.6 Å². The lowest BCUT2D eigenvalue weighted by molar-refractivity contribution is 0.169. The van der Waals surface area contributed by atoms with E-state index in [0.717, 1.165) is 69.1 Å². The summed E-state index contributed by atoms with van der Waals surface area (Å²) in [4.78, 5) is 9.66. The van der Waals surface area contributed by atoms with Gasteiger partial charge < -0.3 is 14.7 Å². The van der Waals surface area contributed by atoms with E-state index in [1.807, 2.05) is 13.0 Å². The second kappa shape index (κ2) is 8.51. The molecule has 1 aromatic rings. The number of aryl methyl sites for hydroxylation is 1. The van der Waals surface area contributed by atoms with Crippen molar-refractivity contribution in [3.8, 4) is 0 Å². The Hall–Kier alpha value is -1.56. The maximum Gasteiger partial charge on any atom is 0.194 e. The highest BCUT2D eigenvalue weighted by atomic mass is 16.5. The van der Waals surface area contributed by atoms with Crippen LogP contribution in [-0.2, 0) is 6.54 Å². The molecule has 134 valence electrons. The van der Waals surface area contributed by atoms with Crippen LogP contribution in [-0.4, -0.2) is 60.2 Å². The van der Waals surface area contributed by atoms with Gasteiger partial charge in [0.05, 0.1) is 5.69 Å². The van der Waals surface area contributed by atoms with Crippen LogP contribution in [0.2, 0.25) is 0 Å². The molecule has 0 bridgehead atoms. The molecule has 0 amide bonds. The molecule has 6 heteroatoms. The normalized spacial score (nSPS) is 19.8. The van der Waals surface area contributed by atoms with Gasteiger partial charge >= 0.3 is 0 Å². The molecule has 1 aliphatic heterocycles. The maximum absolute atomic E-state index is 5.16. The molecule has 2 aliphatic rings. The van der Waals surface area contributed by atoms with Gasteiger partial charge in [-0.25, -0.2) is 0 Å². The minimum absolute atomic E-state index is 0.875. The van der Waals surface area contributed by atoms with Gasteiger partial charge in [-0.15, -0.1) is 0 Å². The van der Waals surface area contributed by atoms with Gasteiger partial charge in [0, 0.05) is 51.9 Å². The lowest BCUT2D eigenvalue weighted by atomic mass is 10.2. The highest BCUT2D eigenvalue weighted by molar-refractivity contribution is 5.80. The molecule has 1 N–H and O–H groups in total. The second-order valence-corrected chi connectivity index (χ2v) is 7.01. The Bertz CT molecular complexity index is 529. The molecule has 1 aromatic heterocycles. The number of nitrogens with one attached hydrogen (secondary N) is 1. The van der Waals surface area contributed by atoms with Gasteiger partial charge in [0.15, 0.2) is 5.96 Å². The topological polar surface area (TPSA) is 56.9 Å². The first-order chi connectivity index (χ1) is 11.7. The zero-order chi connectivity index (χ0) is 16.8. The molecular weight excluding hydrogens is 302 g/mol. The fourth-order valence-electron chi connectivity index (χ4n) is 3.24. The lowest BCUT2D eigenvalue weighted by Crippen LogP contribution is -2.52. The van der Waals surface area contributed by atoms with Crippen molar-refractivity contribution < 1.29 is 4.52 Å². The summed E-state index contributed by atoms with van der Waals surface area (Å²) in [6.45, 7) is 11.0. The molecule has 0 spiro atoms. The number of nitrogens with zero attached hydrogens (tertiary/aromatic N) is 4. The first-order valence-electron chi connectivity index (χ1n) is 9.42. The Morgan fingerprint density at radius 3 is 2.75 bits per heavy atom. The molecule has 2 heterocycles. The Kier molecular flexibility index (Phi) is 6.12. The van der Waals surface area contributed by atoms with Crippen LogP contribution in [0.5, 0.6) is 0 Å². The quantitative estimate of drug-likeness (QED) is 0.471. The van der Waals surface area contributed by atoms with Crippen molar-refractivity contribution in [1.82, 2.24) is 20.3 Å². The van der Waals surface area contributed by atoms with Gasteiger partial charge in [-0.3, -0.25) is 9.89 Å². The predicted octanol–water partition coefficient (Wildman–Crippen LogP) is 2.26. The SMILES string of the molecule is CCNC(=NCCCC1CC1)N1CCN(Cc2cc(C)on2)CC1. The third-order valence-electron chi connectivity index (χ3n) is 4.80. The van der Waals surface area contributed by atoms with Crippen LogP contribution in [0.25, 0.3) is 0 Å². The van der Waals surface area contributed by atoms with Gasteiger partial charge in [0.1, 0.15) is 5.76 Å². The van der Waals surface area contributed by atoms with Gasteiger partial charge in [-0.05, 0) is 32.6 Å². The van der Waals surface area contributed by atoms with E-state index in [-0.39, 0.29) is 0 Å². The fraction of sp³-hybridized carbons (Fsp3) is 0.778. The van der Waals surface area contributed by atoms with Crippen LogP contribution in [0.1, 0.15) is 44.1 Å². The van der Waals surface area contributed by atoms with Crippen molar-refractivity contribution in [3.63, 3.8) is 0 Å². The van der Waals surface area contributed by atoms with Crippen LogP contribution in [0, 0.1) is 12.8 Å². The molecule has 2 fully saturated rings. The summed E-state index contributed by atoms with van der Waals surface area (Å²) in [6, 6.07) is 2.03. The fourth-order valence-corrected chi connectivity index (χ4v) is 3.24. The predicted molar refractivity (Wildman–Crippen MR) is 96.0 cm³/mol. The standard InChI is InChI=1S/C18H31N5O/c1-3-19-18(20-8-4-5-16-6-7-16)23-11-9-22(10-12-23)14-17-13-15(2)24-21-17/h13,16H,3-12,14H2,1-2H3,(H,19,20). The third-order valence-corrected chi connectivity index (χ3v) is 4.80. The average molecular weight is 333 g/mol. The molecule has 0 unspecified atom stereocenters. The number of aromatic nitrogens is 1. The average Bonchev–Trinajstić information content (AvgIpc) is 3.32. The second-order valence-electron chi connectivity index (χ2n) is 7.01. The van der Waals surface area contributed by atoms with Crippen molar-refractivity contribution >= 4 is 5.96 Å². The largest absolute Gasteiger partial charge is 0.361 e. The van der Waals surface area contributed by atoms with Gasteiger partial charge in [-0.2, -0.15) is 0 Å². The first-order valence-corrected chi connectivity index (χ1v) is 9.42. The summed E-state index contributed by atoms with van der Waals surface area (Å²) in [5.74, 6) is 2.98. The van der Waals surface area contributed by atoms with E-state index in [1.165, 1.54) is 25.7 Å². The van der Waals surface area contributed by atoms with E-state index >= 15 is 0 Å². The smallest absolute Gasteiger partial charge is 0.194 e. The molecule has 1 aliphatic carbocycles. The van der Waals surface area contributed by atoms with Crippen molar-refractivity contribution in [2.75, 3.05) is 39.3 Å². The molecule has 0 atom stereocenters. The summed E-state index contributed by atoms with van der Waals surface area (Å²) in [5, 5.41) is 7.55. The molecule has 6 nitrogen and oxygen atoms in total. The van der Waals surface area contributed by atoms with E-state index in [4.69, 9.17) is 9.52 Å². The number of hydrogen-bond acceptors (Lipinski definition) is 4. The van der Waals surface area contributed by atoms with Crippen LogP contribution in [0.4, 0.5) is 0 Å². The van der Waals surface area contributed by atoms with E-state index in [1.54, 1.807) is 0 Å². The van der Waals surface area contributed by atoms with Crippen molar-refractivity contribution in [2.24, 2.45) is 10.9 Å². The minimum atomic E-state index is 0.875. The van der Waals surface area contributed by atoms with Crippen LogP contribution in [0.3, 0.4) is 0 Å². The maximum atomic E-state index is 5.16. The summed E-state index contributed by atoms with van der Waals surface area (Å²) < 4.78 is 5.16. The van der Waals surface area contributed by atoms with E-state index < -0.39 is 0 Å². The zero-order valence-electron chi connectivity index (χ0n) is 15.1. The number of guanidine groups is 1. The number of piperazine rings is 1.